The largest absolute Gasteiger partial charge is 0.383 e. The van der Waals surface area contributed by atoms with Gasteiger partial charge >= 0.3 is 0 Å². The maximum Gasteiger partial charge on any atom is 0.235 e. The molecule has 2 heterocycles. The van der Waals surface area contributed by atoms with E-state index in [1.807, 2.05) is 30.0 Å². The number of methoxy groups -OCH3 is 1. The van der Waals surface area contributed by atoms with Crippen LogP contribution in [0.4, 0.5) is 0 Å². The summed E-state index contributed by atoms with van der Waals surface area (Å²) in [6.45, 7) is 5.04. The first-order chi connectivity index (χ1) is 15.2. The number of thioether (sulfide) groups is 1. The van der Waals surface area contributed by atoms with E-state index in [0.29, 0.717) is 12.5 Å². The van der Waals surface area contributed by atoms with Crippen molar-refractivity contribution >= 4 is 28.7 Å². The Kier molecular flexibility index (Phi) is 7.30. The number of ether oxygens (including phenoxy) is 1. The Morgan fingerprint density at radius 2 is 1.84 bits per heavy atom. The highest BCUT2D eigenvalue weighted by atomic mass is 32.2. The van der Waals surface area contributed by atoms with Crippen molar-refractivity contribution in [1.29, 1.82) is 0 Å². The van der Waals surface area contributed by atoms with E-state index in [1.54, 1.807) is 18.9 Å². The van der Waals surface area contributed by atoms with E-state index in [0.717, 1.165) is 55.1 Å². The van der Waals surface area contributed by atoms with Gasteiger partial charge in [-0.05, 0) is 49.8 Å². The normalized spacial score (nSPS) is 16.0. The molecule has 1 amide bonds. The lowest BCUT2D eigenvalue weighted by atomic mass is 9.90. The zero-order chi connectivity index (χ0) is 21.6. The number of rotatable bonds is 8. The summed E-state index contributed by atoms with van der Waals surface area (Å²) >= 11 is 1.56. The van der Waals surface area contributed by atoms with Gasteiger partial charge in [0.1, 0.15) is 0 Å². The molecule has 31 heavy (non-hydrogen) atoms. The summed E-state index contributed by atoms with van der Waals surface area (Å²) < 4.78 is 7.45. The first-order valence-electron chi connectivity index (χ1n) is 11.1. The molecule has 1 aromatic heterocycles. The summed E-state index contributed by atoms with van der Waals surface area (Å²) in [5, 5.41) is 0.724. The van der Waals surface area contributed by atoms with Crippen molar-refractivity contribution in [3.63, 3.8) is 0 Å². The lowest BCUT2D eigenvalue weighted by molar-refractivity contribution is -0.131. The minimum atomic E-state index is -0.163. The van der Waals surface area contributed by atoms with Gasteiger partial charge < -0.3 is 14.2 Å². The highest BCUT2D eigenvalue weighted by Crippen LogP contribution is 2.29. The van der Waals surface area contributed by atoms with Crippen molar-refractivity contribution in [2.75, 3.05) is 26.8 Å². The van der Waals surface area contributed by atoms with Gasteiger partial charge in [0, 0.05) is 26.7 Å². The molecule has 5 nitrogen and oxygen atoms in total. The third-order valence-electron chi connectivity index (χ3n) is 6.06. The number of imidazole rings is 1. The number of hydrogen-bond acceptors (Lipinski definition) is 4. The molecular weight excluding hydrogens is 406 g/mol. The Morgan fingerprint density at radius 1 is 1.13 bits per heavy atom. The average Bonchev–Trinajstić information content (AvgIpc) is 3.15. The van der Waals surface area contributed by atoms with Gasteiger partial charge in [0.2, 0.25) is 5.91 Å². The van der Waals surface area contributed by atoms with Crippen LogP contribution in [0.5, 0.6) is 0 Å². The van der Waals surface area contributed by atoms with Crippen molar-refractivity contribution in [3.05, 3.63) is 60.2 Å². The molecule has 2 aromatic carbocycles. The number of aromatic nitrogens is 2. The summed E-state index contributed by atoms with van der Waals surface area (Å²) in [5.74, 6) is 0.876. The molecule has 0 radical (unpaired) electrons. The van der Waals surface area contributed by atoms with Crippen LogP contribution < -0.4 is 0 Å². The number of benzene rings is 2. The Bertz CT molecular complexity index is 996. The molecule has 0 spiro atoms. The molecule has 1 aliphatic rings. The number of para-hydroxylation sites is 2. The minimum absolute atomic E-state index is 0.163. The monoisotopic (exact) mass is 437 g/mol. The standard InChI is InChI=1S/C25H31N3O2S/c1-19(31-25-26-22-10-6-7-11-23(22)28(25)16-17-30-2)24(29)27-14-12-21(13-15-27)18-20-8-4-3-5-9-20/h3-11,19,21H,12-18H2,1-2H3. The van der Waals surface area contributed by atoms with Crippen molar-refractivity contribution in [2.45, 2.75) is 43.1 Å². The molecule has 1 saturated heterocycles. The number of likely N-dealkylation sites (tertiary alicyclic amines) is 1. The van der Waals surface area contributed by atoms with Crippen LogP contribution in [0.3, 0.4) is 0 Å². The van der Waals surface area contributed by atoms with Gasteiger partial charge in [0.15, 0.2) is 5.16 Å². The van der Waals surface area contributed by atoms with Crippen molar-refractivity contribution in [3.8, 4) is 0 Å². The molecule has 0 N–H and O–H groups in total. The molecule has 1 atom stereocenters. The van der Waals surface area contributed by atoms with E-state index >= 15 is 0 Å². The van der Waals surface area contributed by atoms with Crippen LogP contribution in [0.15, 0.2) is 59.8 Å². The summed E-state index contributed by atoms with van der Waals surface area (Å²) in [5.41, 5.74) is 3.44. The zero-order valence-corrected chi connectivity index (χ0v) is 19.2. The second kappa shape index (κ2) is 10.3. The summed E-state index contributed by atoms with van der Waals surface area (Å²) in [7, 11) is 1.71. The van der Waals surface area contributed by atoms with Gasteiger partial charge in [0.25, 0.3) is 0 Å². The Balaban J connectivity index is 1.37. The Labute approximate surface area is 188 Å². The lowest BCUT2D eigenvalue weighted by Crippen LogP contribution is -2.42. The highest BCUT2D eigenvalue weighted by Gasteiger charge is 2.28. The van der Waals surface area contributed by atoms with Crippen molar-refractivity contribution < 1.29 is 9.53 Å². The Morgan fingerprint density at radius 3 is 2.58 bits per heavy atom. The van der Waals surface area contributed by atoms with Crippen LogP contribution in [0, 0.1) is 5.92 Å². The first-order valence-corrected chi connectivity index (χ1v) is 12.0. The van der Waals surface area contributed by atoms with Gasteiger partial charge in [-0.1, -0.05) is 54.2 Å². The summed E-state index contributed by atoms with van der Waals surface area (Å²) in [4.78, 5) is 20.0. The van der Waals surface area contributed by atoms with Gasteiger partial charge in [-0.25, -0.2) is 4.98 Å². The molecule has 1 unspecified atom stereocenters. The minimum Gasteiger partial charge on any atom is -0.383 e. The van der Waals surface area contributed by atoms with Gasteiger partial charge in [-0.2, -0.15) is 0 Å². The average molecular weight is 438 g/mol. The number of amides is 1. The number of nitrogens with zero attached hydrogens (tertiary/aromatic N) is 3. The number of hydrogen-bond donors (Lipinski definition) is 0. The van der Waals surface area contributed by atoms with E-state index in [2.05, 4.69) is 41.0 Å². The predicted octanol–water partition coefficient (Wildman–Crippen LogP) is 4.64. The number of fused-ring (bicyclic) bond motifs is 1. The molecule has 164 valence electrons. The SMILES string of the molecule is COCCn1c(SC(C)C(=O)N2CCC(Cc3ccccc3)CC2)nc2ccccc21. The maximum absolute atomic E-state index is 13.2. The van der Waals surface area contributed by atoms with E-state index in [9.17, 15) is 4.79 Å². The van der Waals surface area contributed by atoms with Crippen LogP contribution in [0.25, 0.3) is 11.0 Å². The van der Waals surface area contributed by atoms with Crippen LogP contribution in [0.1, 0.15) is 25.3 Å². The van der Waals surface area contributed by atoms with Gasteiger partial charge in [-0.15, -0.1) is 0 Å². The molecule has 0 saturated carbocycles. The van der Waals surface area contributed by atoms with Gasteiger partial charge in [0.05, 0.1) is 22.9 Å². The third kappa shape index (κ3) is 5.31. The molecule has 1 aliphatic heterocycles. The van der Waals surface area contributed by atoms with E-state index in [4.69, 9.17) is 9.72 Å². The molecule has 0 aliphatic carbocycles. The fourth-order valence-corrected chi connectivity index (χ4v) is 5.35. The number of carbonyl (C=O) groups excluding carboxylic acids is 1. The number of carbonyl (C=O) groups is 1. The molecular formula is C25H31N3O2S. The topological polar surface area (TPSA) is 47.4 Å². The fourth-order valence-electron chi connectivity index (χ4n) is 4.31. The van der Waals surface area contributed by atoms with E-state index in [1.165, 1.54) is 5.56 Å². The number of piperidine rings is 1. The van der Waals surface area contributed by atoms with Crippen LogP contribution in [-0.4, -0.2) is 52.4 Å². The molecule has 4 rings (SSSR count). The Hall–Kier alpha value is -2.31. The molecule has 6 heteroatoms. The molecule has 1 fully saturated rings. The van der Waals surface area contributed by atoms with Gasteiger partial charge in [-0.3, -0.25) is 4.79 Å². The molecule has 3 aromatic rings. The van der Waals surface area contributed by atoms with E-state index in [-0.39, 0.29) is 11.2 Å². The second-order valence-corrected chi connectivity index (χ2v) is 9.55. The molecule has 0 bridgehead atoms. The van der Waals surface area contributed by atoms with Crippen LogP contribution >= 0.6 is 11.8 Å². The van der Waals surface area contributed by atoms with E-state index < -0.39 is 0 Å². The quantitative estimate of drug-likeness (QED) is 0.482. The maximum atomic E-state index is 13.2. The third-order valence-corrected chi connectivity index (χ3v) is 7.14. The van der Waals surface area contributed by atoms with Crippen molar-refractivity contribution in [2.24, 2.45) is 5.92 Å². The van der Waals surface area contributed by atoms with Crippen LogP contribution in [-0.2, 0) is 22.5 Å². The van der Waals surface area contributed by atoms with Crippen LogP contribution in [0.2, 0.25) is 0 Å². The second-order valence-electron chi connectivity index (χ2n) is 8.25. The summed E-state index contributed by atoms with van der Waals surface area (Å²) in [6.07, 6.45) is 3.26. The lowest BCUT2D eigenvalue weighted by Gasteiger charge is -2.33. The zero-order valence-electron chi connectivity index (χ0n) is 18.4. The first kappa shape index (κ1) is 21.9. The summed E-state index contributed by atoms with van der Waals surface area (Å²) in [6, 6.07) is 18.8. The van der Waals surface area contributed by atoms with Crippen molar-refractivity contribution in [1.82, 2.24) is 14.5 Å². The smallest absolute Gasteiger partial charge is 0.235 e. The fraction of sp³-hybridized carbons (Fsp3) is 0.440. The highest BCUT2D eigenvalue weighted by molar-refractivity contribution is 8.00. The predicted molar refractivity (Wildman–Crippen MR) is 126 cm³/mol.